The van der Waals surface area contributed by atoms with Crippen molar-refractivity contribution in [1.29, 1.82) is 0 Å². The zero-order chi connectivity index (χ0) is 12.8. The second-order valence-electron chi connectivity index (χ2n) is 4.12. The lowest BCUT2D eigenvalue weighted by atomic mass is 10.0. The van der Waals surface area contributed by atoms with E-state index in [-0.39, 0.29) is 12.0 Å². The molecule has 0 saturated heterocycles. The van der Waals surface area contributed by atoms with E-state index in [0.29, 0.717) is 6.42 Å². The van der Waals surface area contributed by atoms with Gasteiger partial charge in [0.1, 0.15) is 0 Å². The third-order valence-corrected chi connectivity index (χ3v) is 3.46. The Balaban J connectivity index is 2.80. The van der Waals surface area contributed by atoms with Crippen LogP contribution in [0.15, 0.2) is 28.7 Å². The predicted molar refractivity (Wildman–Crippen MR) is 71.8 cm³/mol. The number of ether oxygens (including phenoxy) is 1. The van der Waals surface area contributed by atoms with Crippen molar-refractivity contribution in [3.05, 3.63) is 34.3 Å². The maximum Gasteiger partial charge on any atom is 0.305 e. The number of methoxy groups -OCH3 is 1. The van der Waals surface area contributed by atoms with Gasteiger partial charge in [-0.2, -0.15) is 0 Å². The van der Waals surface area contributed by atoms with Gasteiger partial charge in [-0.25, -0.2) is 0 Å². The molecule has 1 aromatic rings. The summed E-state index contributed by atoms with van der Waals surface area (Å²) in [6.07, 6.45) is 1.18. The fourth-order valence-electron chi connectivity index (χ4n) is 1.79. The largest absolute Gasteiger partial charge is 0.469 e. The molecule has 0 radical (unpaired) electrons. The van der Waals surface area contributed by atoms with Gasteiger partial charge in [-0.05, 0) is 32.1 Å². The lowest BCUT2D eigenvalue weighted by Gasteiger charge is -2.25. The van der Waals surface area contributed by atoms with E-state index >= 15 is 0 Å². The second-order valence-corrected chi connectivity index (χ2v) is 4.97. The van der Waals surface area contributed by atoms with Crippen molar-refractivity contribution in [2.75, 3.05) is 21.2 Å². The molecule has 0 bridgehead atoms. The molecule has 0 saturated carbocycles. The van der Waals surface area contributed by atoms with Crippen molar-refractivity contribution in [2.24, 2.45) is 0 Å². The Kier molecular flexibility index (Phi) is 5.65. The zero-order valence-electron chi connectivity index (χ0n) is 10.4. The Morgan fingerprint density at radius 1 is 1.41 bits per heavy atom. The van der Waals surface area contributed by atoms with Crippen LogP contribution in [-0.2, 0) is 9.53 Å². The maximum absolute atomic E-state index is 11.2. The first-order chi connectivity index (χ1) is 8.06. The monoisotopic (exact) mass is 299 g/mol. The van der Waals surface area contributed by atoms with Gasteiger partial charge in [0, 0.05) is 16.9 Å². The molecule has 0 aliphatic rings. The topological polar surface area (TPSA) is 29.5 Å². The Labute approximate surface area is 111 Å². The van der Waals surface area contributed by atoms with Gasteiger partial charge in [0.2, 0.25) is 0 Å². The molecule has 0 amide bonds. The first-order valence-electron chi connectivity index (χ1n) is 5.54. The molecule has 0 fully saturated rings. The predicted octanol–water partition coefficient (Wildman–Crippen LogP) is 3.01. The summed E-state index contributed by atoms with van der Waals surface area (Å²) in [6, 6.07) is 8.30. The molecule has 0 N–H and O–H groups in total. The molecule has 1 aromatic carbocycles. The summed E-state index contributed by atoms with van der Waals surface area (Å²) < 4.78 is 5.75. The van der Waals surface area contributed by atoms with E-state index in [1.54, 1.807) is 0 Å². The Bertz CT molecular complexity index is 379. The van der Waals surface area contributed by atoms with E-state index in [1.807, 2.05) is 32.3 Å². The Morgan fingerprint density at radius 3 is 2.59 bits per heavy atom. The molecule has 0 aromatic heterocycles. The average molecular weight is 300 g/mol. The smallest absolute Gasteiger partial charge is 0.305 e. The van der Waals surface area contributed by atoms with Gasteiger partial charge in [0.05, 0.1) is 7.11 Å². The first kappa shape index (κ1) is 14.2. The second kappa shape index (κ2) is 6.77. The van der Waals surface area contributed by atoms with Crippen LogP contribution in [0.5, 0.6) is 0 Å². The van der Waals surface area contributed by atoms with E-state index in [1.165, 1.54) is 12.7 Å². The minimum absolute atomic E-state index is 0.163. The highest BCUT2D eigenvalue weighted by atomic mass is 79.9. The number of hydrogen-bond acceptors (Lipinski definition) is 3. The molecule has 0 spiro atoms. The van der Waals surface area contributed by atoms with Crippen molar-refractivity contribution in [3.8, 4) is 0 Å². The Hall–Kier alpha value is -0.870. The molecule has 94 valence electrons. The highest BCUT2D eigenvalue weighted by Crippen LogP contribution is 2.29. The van der Waals surface area contributed by atoms with Crippen LogP contribution in [0.2, 0.25) is 0 Å². The van der Waals surface area contributed by atoms with Gasteiger partial charge < -0.3 is 9.64 Å². The lowest BCUT2D eigenvalue weighted by Crippen LogP contribution is -2.21. The fraction of sp³-hybridized carbons (Fsp3) is 0.462. The summed E-state index contributed by atoms with van der Waals surface area (Å²) in [5.74, 6) is -0.163. The number of carbonyl (C=O) groups is 1. The van der Waals surface area contributed by atoms with Crippen molar-refractivity contribution < 1.29 is 9.53 Å². The van der Waals surface area contributed by atoms with E-state index in [0.717, 1.165) is 10.9 Å². The quantitative estimate of drug-likeness (QED) is 0.783. The molecule has 1 rings (SSSR count). The van der Waals surface area contributed by atoms with Crippen molar-refractivity contribution >= 4 is 21.9 Å². The first-order valence-corrected chi connectivity index (χ1v) is 6.33. The summed E-state index contributed by atoms with van der Waals surface area (Å²) >= 11 is 3.55. The molecule has 0 aliphatic heterocycles. The lowest BCUT2D eigenvalue weighted by molar-refractivity contribution is -0.141. The van der Waals surface area contributed by atoms with Crippen LogP contribution < -0.4 is 0 Å². The molecule has 0 aliphatic carbocycles. The van der Waals surface area contributed by atoms with E-state index in [4.69, 9.17) is 0 Å². The third kappa shape index (κ3) is 4.13. The van der Waals surface area contributed by atoms with E-state index in [2.05, 4.69) is 31.6 Å². The molecule has 4 heteroatoms. The van der Waals surface area contributed by atoms with Gasteiger partial charge in [-0.1, -0.05) is 34.1 Å². The fourth-order valence-corrected chi connectivity index (χ4v) is 2.34. The van der Waals surface area contributed by atoms with Gasteiger partial charge >= 0.3 is 5.97 Å². The average Bonchev–Trinajstić information content (AvgIpc) is 2.30. The maximum atomic E-state index is 11.2. The molecular weight excluding hydrogens is 282 g/mol. The van der Waals surface area contributed by atoms with Gasteiger partial charge in [-0.15, -0.1) is 0 Å². The van der Waals surface area contributed by atoms with Crippen LogP contribution in [-0.4, -0.2) is 32.1 Å². The van der Waals surface area contributed by atoms with Gasteiger partial charge in [0.25, 0.3) is 0 Å². The summed E-state index contributed by atoms with van der Waals surface area (Å²) in [7, 11) is 5.45. The number of hydrogen-bond donors (Lipinski definition) is 0. The van der Waals surface area contributed by atoms with Crippen LogP contribution in [0.25, 0.3) is 0 Å². The summed E-state index contributed by atoms with van der Waals surface area (Å²) in [6.45, 7) is 0. The van der Waals surface area contributed by atoms with Crippen molar-refractivity contribution in [1.82, 2.24) is 4.90 Å². The molecule has 17 heavy (non-hydrogen) atoms. The van der Waals surface area contributed by atoms with Crippen LogP contribution in [0.4, 0.5) is 0 Å². The summed E-state index contributed by atoms with van der Waals surface area (Å²) in [5, 5.41) is 0. The molecule has 1 atom stereocenters. The number of esters is 1. The van der Waals surface area contributed by atoms with Gasteiger partial charge in [-0.3, -0.25) is 4.79 Å². The minimum Gasteiger partial charge on any atom is -0.469 e. The number of halogens is 1. The molecule has 3 nitrogen and oxygen atoms in total. The number of benzene rings is 1. The number of nitrogens with zero attached hydrogens (tertiary/aromatic N) is 1. The number of carbonyl (C=O) groups excluding carboxylic acids is 1. The highest BCUT2D eigenvalue weighted by Gasteiger charge is 2.17. The third-order valence-electron chi connectivity index (χ3n) is 2.74. The highest BCUT2D eigenvalue weighted by molar-refractivity contribution is 9.10. The Morgan fingerprint density at radius 2 is 2.06 bits per heavy atom. The van der Waals surface area contributed by atoms with Crippen molar-refractivity contribution in [3.63, 3.8) is 0 Å². The minimum atomic E-state index is -0.163. The summed E-state index contributed by atoms with van der Waals surface area (Å²) in [4.78, 5) is 13.3. The molecule has 1 unspecified atom stereocenters. The summed E-state index contributed by atoms with van der Waals surface area (Å²) in [5.41, 5.74) is 1.20. The van der Waals surface area contributed by atoms with Crippen LogP contribution >= 0.6 is 15.9 Å². The van der Waals surface area contributed by atoms with E-state index in [9.17, 15) is 4.79 Å². The van der Waals surface area contributed by atoms with Crippen LogP contribution in [0, 0.1) is 0 Å². The SMILES string of the molecule is COC(=O)CCC(c1ccccc1Br)N(C)C. The van der Waals surface area contributed by atoms with Crippen LogP contribution in [0.1, 0.15) is 24.4 Å². The van der Waals surface area contributed by atoms with Crippen LogP contribution in [0.3, 0.4) is 0 Å². The zero-order valence-corrected chi connectivity index (χ0v) is 12.0. The molecular formula is C13H18BrNO2. The molecule has 0 heterocycles. The van der Waals surface area contributed by atoms with Crippen molar-refractivity contribution in [2.45, 2.75) is 18.9 Å². The normalized spacial score (nSPS) is 12.5. The standard InChI is InChI=1S/C13H18BrNO2/c1-15(2)12(8-9-13(16)17-3)10-6-4-5-7-11(10)14/h4-7,12H,8-9H2,1-3H3. The van der Waals surface area contributed by atoms with Gasteiger partial charge in [0.15, 0.2) is 0 Å². The van der Waals surface area contributed by atoms with E-state index < -0.39 is 0 Å². The number of rotatable bonds is 5.